The van der Waals surface area contributed by atoms with E-state index in [4.69, 9.17) is 9.47 Å². The van der Waals surface area contributed by atoms with Gasteiger partial charge in [0.15, 0.2) is 11.5 Å². The lowest BCUT2D eigenvalue weighted by molar-refractivity contribution is 0.171. The number of fused-ring (bicyclic) bond motifs is 1. The van der Waals surface area contributed by atoms with Crippen LogP contribution in [0.1, 0.15) is 58.3 Å². The Labute approximate surface area is 129 Å². The number of anilines is 1. The zero-order chi connectivity index (χ0) is 14.8. The highest BCUT2D eigenvalue weighted by Gasteiger charge is 2.11. The van der Waals surface area contributed by atoms with E-state index in [9.17, 15) is 0 Å². The number of benzene rings is 1. The highest BCUT2D eigenvalue weighted by Crippen LogP contribution is 2.32. The molecule has 118 valence electrons. The third kappa shape index (κ3) is 5.86. The molecule has 1 aromatic carbocycles. The van der Waals surface area contributed by atoms with E-state index in [2.05, 4.69) is 18.3 Å². The van der Waals surface area contributed by atoms with Gasteiger partial charge in [0.1, 0.15) is 13.2 Å². The van der Waals surface area contributed by atoms with Gasteiger partial charge >= 0.3 is 0 Å². The summed E-state index contributed by atoms with van der Waals surface area (Å²) in [5, 5.41) is 3.47. The molecule has 3 nitrogen and oxygen atoms in total. The average Bonchev–Trinajstić information content (AvgIpc) is 2.53. The van der Waals surface area contributed by atoms with Crippen LogP contribution in [0.2, 0.25) is 0 Å². The highest BCUT2D eigenvalue weighted by atomic mass is 16.6. The minimum atomic E-state index is 0.647. The van der Waals surface area contributed by atoms with Gasteiger partial charge in [0, 0.05) is 18.3 Å². The summed E-state index contributed by atoms with van der Waals surface area (Å²) in [7, 11) is 0. The highest BCUT2D eigenvalue weighted by molar-refractivity contribution is 5.55. The number of rotatable bonds is 10. The van der Waals surface area contributed by atoms with E-state index in [1.165, 1.54) is 51.4 Å². The van der Waals surface area contributed by atoms with E-state index >= 15 is 0 Å². The van der Waals surface area contributed by atoms with Crippen LogP contribution in [0.4, 0.5) is 5.69 Å². The molecule has 0 saturated heterocycles. The predicted octanol–water partition coefficient (Wildman–Crippen LogP) is 5.01. The normalized spacial score (nSPS) is 13.2. The maximum atomic E-state index is 5.59. The molecule has 0 atom stereocenters. The second-order valence-corrected chi connectivity index (χ2v) is 5.76. The summed E-state index contributed by atoms with van der Waals surface area (Å²) in [5.41, 5.74) is 1.13. The number of hydrogen-bond acceptors (Lipinski definition) is 3. The van der Waals surface area contributed by atoms with Crippen LogP contribution in [0.5, 0.6) is 11.5 Å². The molecule has 0 saturated carbocycles. The molecular formula is C18H29NO2. The fourth-order valence-electron chi connectivity index (χ4n) is 2.64. The standard InChI is InChI=1S/C18H29NO2/c1-2-3-4-5-6-7-8-9-12-19-16-10-11-17-18(15-16)21-14-13-20-17/h10-11,15,19H,2-9,12-14H2,1H3. The summed E-state index contributed by atoms with van der Waals surface area (Å²) in [6, 6.07) is 6.10. The first kappa shape index (κ1) is 16.0. The van der Waals surface area contributed by atoms with Crippen LogP contribution < -0.4 is 14.8 Å². The van der Waals surface area contributed by atoms with Crippen LogP contribution in [0, 0.1) is 0 Å². The lowest BCUT2D eigenvalue weighted by Crippen LogP contribution is -2.15. The van der Waals surface area contributed by atoms with Crippen molar-refractivity contribution in [1.82, 2.24) is 0 Å². The summed E-state index contributed by atoms with van der Waals surface area (Å²) in [6.07, 6.45) is 10.9. The van der Waals surface area contributed by atoms with E-state index < -0.39 is 0 Å². The molecule has 0 spiro atoms. The lowest BCUT2D eigenvalue weighted by atomic mass is 10.1. The Kier molecular flexibility index (Phi) is 7.27. The molecule has 2 rings (SSSR count). The Bertz CT molecular complexity index is 406. The summed E-state index contributed by atoms with van der Waals surface area (Å²) >= 11 is 0. The quantitative estimate of drug-likeness (QED) is 0.615. The largest absolute Gasteiger partial charge is 0.486 e. The van der Waals surface area contributed by atoms with E-state index in [0.717, 1.165) is 23.7 Å². The van der Waals surface area contributed by atoms with E-state index in [1.54, 1.807) is 0 Å². The molecule has 0 bridgehead atoms. The van der Waals surface area contributed by atoms with Crippen LogP contribution in [0.15, 0.2) is 18.2 Å². The van der Waals surface area contributed by atoms with Gasteiger partial charge in [-0.05, 0) is 18.6 Å². The lowest BCUT2D eigenvalue weighted by Gasteiger charge is -2.19. The van der Waals surface area contributed by atoms with Crippen molar-refractivity contribution in [2.24, 2.45) is 0 Å². The maximum absolute atomic E-state index is 5.59. The Hall–Kier alpha value is -1.38. The zero-order valence-corrected chi connectivity index (χ0v) is 13.3. The zero-order valence-electron chi connectivity index (χ0n) is 13.3. The maximum Gasteiger partial charge on any atom is 0.163 e. The summed E-state index contributed by atoms with van der Waals surface area (Å²) in [5.74, 6) is 1.72. The third-order valence-electron chi connectivity index (χ3n) is 3.90. The molecule has 0 amide bonds. The molecule has 21 heavy (non-hydrogen) atoms. The topological polar surface area (TPSA) is 30.5 Å². The van der Waals surface area contributed by atoms with Crippen LogP contribution >= 0.6 is 0 Å². The minimum Gasteiger partial charge on any atom is -0.486 e. The molecule has 1 heterocycles. The second kappa shape index (κ2) is 9.54. The predicted molar refractivity (Wildman–Crippen MR) is 88.5 cm³/mol. The Morgan fingerprint density at radius 3 is 2.29 bits per heavy atom. The van der Waals surface area contributed by atoms with Crippen molar-refractivity contribution in [2.45, 2.75) is 58.3 Å². The molecule has 0 radical (unpaired) electrons. The Balaban J connectivity index is 1.54. The first-order valence-electron chi connectivity index (χ1n) is 8.53. The van der Waals surface area contributed by atoms with Gasteiger partial charge in [-0.15, -0.1) is 0 Å². The van der Waals surface area contributed by atoms with E-state index in [-0.39, 0.29) is 0 Å². The molecule has 0 aromatic heterocycles. The van der Waals surface area contributed by atoms with Gasteiger partial charge in [-0.2, -0.15) is 0 Å². The number of hydrogen-bond donors (Lipinski definition) is 1. The number of unbranched alkanes of at least 4 members (excludes halogenated alkanes) is 7. The van der Waals surface area contributed by atoms with Gasteiger partial charge in [-0.1, -0.05) is 51.9 Å². The molecule has 3 heteroatoms. The first-order valence-corrected chi connectivity index (χ1v) is 8.53. The van der Waals surface area contributed by atoms with Gasteiger partial charge < -0.3 is 14.8 Å². The number of nitrogens with one attached hydrogen (secondary N) is 1. The third-order valence-corrected chi connectivity index (χ3v) is 3.90. The molecule has 0 fully saturated rings. The SMILES string of the molecule is CCCCCCCCCCNc1ccc2c(c1)OCCO2. The first-order chi connectivity index (χ1) is 10.4. The van der Waals surface area contributed by atoms with Crippen molar-refractivity contribution < 1.29 is 9.47 Å². The van der Waals surface area contributed by atoms with Crippen molar-refractivity contribution in [3.05, 3.63) is 18.2 Å². The van der Waals surface area contributed by atoms with Crippen LogP contribution in [-0.2, 0) is 0 Å². The monoisotopic (exact) mass is 291 g/mol. The Morgan fingerprint density at radius 2 is 1.52 bits per heavy atom. The van der Waals surface area contributed by atoms with Crippen molar-refractivity contribution in [1.29, 1.82) is 0 Å². The molecule has 1 aromatic rings. The smallest absolute Gasteiger partial charge is 0.163 e. The summed E-state index contributed by atoms with van der Waals surface area (Å²) < 4.78 is 11.1. The van der Waals surface area contributed by atoms with Crippen LogP contribution in [0.3, 0.4) is 0 Å². The minimum absolute atomic E-state index is 0.647. The second-order valence-electron chi connectivity index (χ2n) is 5.76. The molecule has 0 unspecified atom stereocenters. The van der Waals surface area contributed by atoms with Crippen molar-refractivity contribution in [3.8, 4) is 11.5 Å². The van der Waals surface area contributed by atoms with Crippen LogP contribution in [-0.4, -0.2) is 19.8 Å². The van der Waals surface area contributed by atoms with Gasteiger partial charge in [-0.25, -0.2) is 0 Å². The molecule has 1 aliphatic heterocycles. The molecule has 1 aliphatic rings. The average molecular weight is 291 g/mol. The molecule has 1 N–H and O–H groups in total. The summed E-state index contributed by atoms with van der Waals surface area (Å²) in [4.78, 5) is 0. The Morgan fingerprint density at radius 1 is 0.857 bits per heavy atom. The van der Waals surface area contributed by atoms with E-state index in [0.29, 0.717) is 13.2 Å². The van der Waals surface area contributed by atoms with Crippen molar-refractivity contribution in [3.63, 3.8) is 0 Å². The van der Waals surface area contributed by atoms with Crippen molar-refractivity contribution >= 4 is 5.69 Å². The molecular weight excluding hydrogens is 262 g/mol. The van der Waals surface area contributed by atoms with Crippen LogP contribution in [0.25, 0.3) is 0 Å². The summed E-state index contributed by atoms with van der Waals surface area (Å²) in [6.45, 7) is 4.60. The van der Waals surface area contributed by atoms with Crippen molar-refractivity contribution in [2.75, 3.05) is 25.1 Å². The fraction of sp³-hybridized carbons (Fsp3) is 0.667. The van der Waals surface area contributed by atoms with E-state index in [1.807, 2.05) is 12.1 Å². The van der Waals surface area contributed by atoms with Gasteiger partial charge in [0.05, 0.1) is 0 Å². The van der Waals surface area contributed by atoms with Gasteiger partial charge in [-0.3, -0.25) is 0 Å². The fourth-order valence-corrected chi connectivity index (χ4v) is 2.64. The van der Waals surface area contributed by atoms with Gasteiger partial charge in [0.2, 0.25) is 0 Å². The molecule has 0 aliphatic carbocycles. The van der Waals surface area contributed by atoms with Gasteiger partial charge in [0.25, 0.3) is 0 Å². The number of ether oxygens (including phenoxy) is 2.